The minimum atomic E-state index is -4.30. The topological polar surface area (TPSA) is 38.9 Å². The third-order valence-corrected chi connectivity index (χ3v) is 3.92. The van der Waals surface area contributed by atoms with E-state index >= 15 is 0 Å². The molecule has 0 amide bonds. The Morgan fingerprint density at radius 1 is 1.20 bits per heavy atom. The summed E-state index contributed by atoms with van der Waals surface area (Å²) >= 11 is 1.53. The van der Waals surface area contributed by atoms with Crippen molar-refractivity contribution in [1.82, 2.24) is 10.2 Å². The van der Waals surface area contributed by atoms with Crippen LogP contribution in [0.1, 0.15) is 35.1 Å². The van der Waals surface area contributed by atoms with Crippen molar-refractivity contribution in [2.75, 3.05) is 0 Å². The standard InChI is InChI=1S/C13H13F3N2OS/c1-8(20-7-12-18-17-9(2)19-12)10-3-5-11(6-4-10)13(14,15)16/h3-6,8H,7H2,1-2H3. The first kappa shape index (κ1) is 14.9. The molecule has 0 saturated carbocycles. The molecule has 1 atom stereocenters. The highest BCUT2D eigenvalue weighted by atomic mass is 32.2. The third-order valence-electron chi connectivity index (χ3n) is 2.73. The highest BCUT2D eigenvalue weighted by Gasteiger charge is 2.30. The zero-order valence-corrected chi connectivity index (χ0v) is 11.8. The van der Waals surface area contributed by atoms with E-state index in [0.717, 1.165) is 17.7 Å². The van der Waals surface area contributed by atoms with Gasteiger partial charge in [0.05, 0.1) is 11.3 Å². The lowest BCUT2D eigenvalue weighted by Gasteiger charge is -2.12. The molecule has 0 aliphatic heterocycles. The first-order valence-electron chi connectivity index (χ1n) is 5.94. The Labute approximate surface area is 118 Å². The maximum Gasteiger partial charge on any atom is 0.416 e. The summed E-state index contributed by atoms with van der Waals surface area (Å²) in [5.41, 5.74) is 0.199. The van der Waals surface area contributed by atoms with Gasteiger partial charge in [0.2, 0.25) is 11.8 Å². The smallest absolute Gasteiger partial charge is 0.416 e. The Balaban J connectivity index is 1.97. The summed E-state index contributed by atoms with van der Waals surface area (Å²) in [4.78, 5) is 0. The van der Waals surface area contributed by atoms with Crippen molar-refractivity contribution in [2.24, 2.45) is 0 Å². The normalized spacial score (nSPS) is 13.4. The molecule has 1 unspecified atom stereocenters. The molecule has 7 heteroatoms. The van der Waals surface area contributed by atoms with Crippen molar-refractivity contribution in [2.45, 2.75) is 31.0 Å². The van der Waals surface area contributed by atoms with E-state index in [4.69, 9.17) is 4.42 Å². The Morgan fingerprint density at radius 3 is 2.35 bits per heavy atom. The SMILES string of the molecule is Cc1nnc(CSC(C)c2ccc(C(F)(F)F)cc2)o1. The van der Waals surface area contributed by atoms with Gasteiger partial charge in [0, 0.05) is 12.2 Å². The van der Waals surface area contributed by atoms with Crippen LogP contribution in [0.25, 0.3) is 0 Å². The van der Waals surface area contributed by atoms with Crippen LogP contribution < -0.4 is 0 Å². The summed E-state index contributed by atoms with van der Waals surface area (Å²) < 4.78 is 42.6. The minimum absolute atomic E-state index is 0.0458. The average molecular weight is 302 g/mol. The number of thioether (sulfide) groups is 1. The summed E-state index contributed by atoms with van der Waals surface area (Å²) in [6.07, 6.45) is -4.30. The van der Waals surface area contributed by atoms with E-state index in [9.17, 15) is 13.2 Å². The molecule has 0 N–H and O–H groups in total. The van der Waals surface area contributed by atoms with Gasteiger partial charge in [-0.1, -0.05) is 12.1 Å². The number of nitrogens with zero attached hydrogens (tertiary/aromatic N) is 2. The molecule has 0 saturated heterocycles. The summed E-state index contributed by atoms with van der Waals surface area (Å²) in [6, 6.07) is 5.20. The van der Waals surface area contributed by atoms with E-state index in [1.807, 2.05) is 6.92 Å². The molecule has 1 heterocycles. The Hall–Kier alpha value is -1.50. The van der Waals surface area contributed by atoms with E-state index < -0.39 is 11.7 Å². The summed E-state index contributed by atoms with van der Waals surface area (Å²) in [6.45, 7) is 3.64. The van der Waals surface area contributed by atoms with Crippen LogP contribution in [-0.4, -0.2) is 10.2 Å². The number of alkyl halides is 3. The first-order valence-corrected chi connectivity index (χ1v) is 6.99. The molecule has 1 aromatic heterocycles. The van der Waals surface area contributed by atoms with Gasteiger partial charge in [0.25, 0.3) is 0 Å². The van der Waals surface area contributed by atoms with Crippen LogP contribution in [0.4, 0.5) is 13.2 Å². The molecular weight excluding hydrogens is 289 g/mol. The Morgan fingerprint density at radius 2 is 1.85 bits per heavy atom. The van der Waals surface area contributed by atoms with Gasteiger partial charge in [-0.3, -0.25) is 0 Å². The van der Waals surface area contributed by atoms with Crippen molar-refractivity contribution in [3.8, 4) is 0 Å². The maximum atomic E-state index is 12.5. The Kier molecular flexibility index (Phi) is 4.37. The molecule has 0 fully saturated rings. The van der Waals surface area contributed by atoms with E-state index in [0.29, 0.717) is 17.5 Å². The predicted octanol–water partition coefficient (Wildman–Crippen LogP) is 4.39. The minimum Gasteiger partial charge on any atom is -0.425 e. The number of hydrogen-bond donors (Lipinski definition) is 0. The van der Waals surface area contributed by atoms with Crippen LogP contribution in [0.15, 0.2) is 28.7 Å². The van der Waals surface area contributed by atoms with Gasteiger partial charge in [-0.25, -0.2) is 0 Å². The van der Waals surface area contributed by atoms with Crippen molar-refractivity contribution >= 4 is 11.8 Å². The lowest BCUT2D eigenvalue weighted by molar-refractivity contribution is -0.137. The molecule has 3 nitrogen and oxygen atoms in total. The lowest BCUT2D eigenvalue weighted by atomic mass is 10.1. The number of aromatic nitrogens is 2. The molecule has 0 bridgehead atoms. The number of benzene rings is 1. The number of halogens is 3. The van der Waals surface area contributed by atoms with Gasteiger partial charge in [-0.2, -0.15) is 13.2 Å². The number of aryl methyl sites for hydroxylation is 1. The fourth-order valence-corrected chi connectivity index (χ4v) is 2.49. The zero-order chi connectivity index (χ0) is 14.8. The number of hydrogen-bond acceptors (Lipinski definition) is 4. The van der Waals surface area contributed by atoms with Crippen LogP contribution in [0.2, 0.25) is 0 Å². The summed E-state index contributed by atoms with van der Waals surface area (Å²) in [7, 11) is 0. The molecule has 20 heavy (non-hydrogen) atoms. The van der Waals surface area contributed by atoms with Crippen molar-refractivity contribution in [1.29, 1.82) is 0 Å². The van der Waals surface area contributed by atoms with Crippen LogP contribution in [0.5, 0.6) is 0 Å². The van der Waals surface area contributed by atoms with E-state index in [-0.39, 0.29) is 5.25 Å². The van der Waals surface area contributed by atoms with Crippen molar-refractivity contribution < 1.29 is 17.6 Å². The zero-order valence-electron chi connectivity index (χ0n) is 10.9. The van der Waals surface area contributed by atoms with Crippen LogP contribution in [-0.2, 0) is 11.9 Å². The van der Waals surface area contributed by atoms with Gasteiger partial charge < -0.3 is 4.42 Å². The fraction of sp³-hybridized carbons (Fsp3) is 0.385. The largest absolute Gasteiger partial charge is 0.425 e. The lowest BCUT2D eigenvalue weighted by Crippen LogP contribution is -2.04. The second kappa shape index (κ2) is 5.87. The van der Waals surface area contributed by atoms with Gasteiger partial charge in [0.15, 0.2) is 0 Å². The second-order valence-corrected chi connectivity index (χ2v) is 5.62. The summed E-state index contributed by atoms with van der Waals surface area (Å²) in [5, 5.41) is 7.64. The van der Waals surface area contributed by atoms with E-state index in [2.05, 4.69) is 10.2 Å². The van der Waals surface area contributed by atoms with Crippen LogP contribution in [0.3, 0.4) is 0 Å². The van der Waals surface area contributed by atoms with Gasteiger partial charge in [-0.15, -0.1) is 22.0 Å². The molecule has 0 aliphatic rings. The highest BCUT2D eigenvalue weighted by molar-refractivity contribution is 7.98. The van der Waals surface area contributed by atoms with E-state index in [1.165, 1.54) is 23.9 Å². The molecule has 2 aromatic rings. The molecule has 108 valence electrons. The average Bonchev–Trinajstić information content (AvgIpc) is 2.81. The molecule has 1 aromatic carbocycles. The third kappa shape index (κ3) is 3.75. The molecule has 0 aliphatic carbocycles. The predicted molar refractivity (Wildman–Crippen MR) is 70.2 cm³/mol. The van der Waals surface area contributed by atoms with Gasteiger partial charge in [-0.05, 0) is 24.6 Å². The van der Waals surface area contributed by atoms with Crippen molar-refractivity contribution in [3.05, 3.63) is 47.2 Å². The maximum absolute atomic E-state index is 12.5. The molecule has 2 rings (SSSR count). The number of rotatable bonds is 4. The van der Waals surface area contributed by atoms with Crippen LogP contribution in [0, 0.1) is 6.92 Å². The quantitative estimate of drug-likeness (QED) is 0.839. The second-order valence-electron chi connectivity index (χ2n) is 4.29. The summed E-state index contributed by atoms with van der Waals surface area (Å²) in [5.74, 6) is 1.55. The molecular formula is C13H13F3N2OS. The van der Waals surface area contributed by atoms with Gasteiger partial charge in [0.1, 0.15) is 0 Å². The fourth-order valence-electron chi connectivity index (χ4n) is 1.63. The highest BCUT2D eigenvalue weighted by Crippen LogP contribution is 2.34. The molecule has 0 spiro atoms. The van der Waals surface area contributed by atoms with Crippen LogP contribution >= 0.6 is 11.8 Å². The first-order chi connectivity index (χ1) is 9.36. The monoisotopic (exact) mass is 302 g/mol. The van der Waals surface area contributed by atoms with Gasteiger partial charge >= 0.3 is 6.18 Å². The molecule has 0 radical (unpaired) electrons. The van der Waals surface area contributed by atoms with E-state index in [1.54, 1.807) is 6.92 Å². The van der Waals surface area contributed by atoms with Crippen molar-refractivity contribution in [3.63, 3.8) is 0 Å². The Bertz CT molecular complexity index is 566.